The second kappa shape index (κ2) is 11.2. The average molecular weight is 438 g/mol. The molecule has 172 valence electrons. The van der Waals surface area contributed by atoms with Gasteiger partial charge >= 0.3 is 5.97 Å². The van der Waals surface area contributed by atoms with Crippen molar-refractivity contribution >= 4 is 22.4 Å². The highest BCUT2D eigenvalue weighted by molar-refractivity contribution is 5.98. The van der Waals surface area contributed by atoms with Crippen LogP contribution in [0.3, 0.4) is 0 Å². The molecule has 0 heterocycles. The van der Waals surface area contributed by atoms with E-state index in [-0.39, 0.29) is 5.92 Å². The molecule has 0 fully saturated rings. The monoisotopic (exact) mass is 438 g/mol. The summed E-state index contributed by atoms with van der Waals surface area (Å²) in [5, 5.41) is 48.7. The van der Waals surface area contributed by atoms with Crippen LogP contribution < -0.4 is 15.8 Å². The quantitative estimate of drug-likeness (QED) is 0.233. The smallest absolute Gasteiger partial charge is 0.324 e. The molecule has 2 rings (SSSR count). The first-order valence-corrected chi connectivity index (χ1v) is 9.88. The van der Waals surface area contributed by atoms with Crippen LogP contribution in [-0.4, -0.2) is 69.1 Å². The lowest BCUT2D eigenvalue weighted by molar-refractivity contribution is -0.143. The number of aryl methyl sites for hydroxylation is 1. The van der Waals surface area contributed by atoms with E-state index in [1.54, 1.807) is 51.1 Å². The minimum atomic E-state index is -1.42. The number of rotatable bonds is 12. The summed E-state index contributed by atoms with van der Waals surface area (Å²) in [4.78, 5) is 22.5. The first-order valence-electron chi connectivity index (χ1n) is 9.88. The Labute approximate surface area is 179 Å². The number of carbonyl (C=O) groups is 1. The highest BCUT2D eigenvalue weighted by Gasteiger charge is 2.28. The summed E-state index contributed by atoms with van der Waals surface area (Å²) in [5.74, 6) is -0.791. The molecular weight excluding hydrogens is 408 g/mol. The fraction of sp³-hybridized carbons (Fsp3) is 0.476. The summed E-state index contributed by atoms with van der Waals surface area (Å²) < 4.78 is 0. The van der Waals surface area contributed by atoms with Crippen molar-refractivity contribution in [2.75, 3.05) is 18.7 Å². The minimum absolute atomic E-state index is 0.203. The van der Waals surface area contributed by atoms with Gasteiger partial charge in [0.2, 0.25) is 0 Å². The van der Waals surface area contributed by atoms with Crippen molar-refractivity contribution in [1.29, 1.82) is 0 Å². The van der Waals surface area contributed by atoms with Crippen LogP contribution in [0.5, 0.6) is 5.75 Å². The average Bonchev–Trinajstić information content (AvgIpc) is 2.74. The van der Waals surface area contributed by atoms with Gasteiger partial charge in [-0.3, -0.25) is 15.1 Å². The van der Waals surface area contributed by atoms with E-state index in [4.69, 9.17) is 19.9 Å². The lowest BCUT2D eigenvalue weighted by Crippen LogP contribution is -2.44. The maximum Gasteiger partial charge on any atom is 0.324 e. The number of hydrogen-bond donors (Lipinski definition) is 7. The van der Waals surface area contributed by atoms with Crippen LogP contribution >= 0.6 is 0 Å². The number of carboxylic acid groups (broad SMARTS) is 1. The Morgan fingerprint density at radius 1 is 1.06 bits per heavy atom. The van der Waals surface area contributed by atoms with Crippen LogP contribution in [0, 0.1) is 12.8 Å². The van der Waals surface area contributed by atoms with Gasteiger partial charge in [0, 0.05) is 10.8 Å². The number of hydroxylamine groups is 1. The predicted molar refractivity (Wildman–Crippen MR) is 113 cm³/mol. The first kappa shape index (κ1) is 24.8. The van der Waals surface area contributed by atoms with Gasteiger partial charge in [-0.25, -0.2) is 0 Å². The van der Waals surface area contributed by atoms with Crippen LogP contribution in [0.25, 0.3) is 10.8 Å². The molecule has 7 N–H and O–H groups in total. The van der Waals surface area contributed by atoms with E-state index in [9.17, 15) is 20.1 Å². The number of benzene rings is 2. The first-order chi connectivity index (χ1) is 14.7. The molecule has 3 unspecified atom stereocenters. The van der Waals surface area contributed by atoms with E-state index in [2.05, 4.69) is 11.0 Å². The molecule has 10 nitrogen and oxygen atoms in total. The zero-order valence-corrected chi connectivity index (χ0v) is 17.6. The van der Waals surface area contributed by atoms with E-state index in [1.165, 1.54) is 0 Å². The van der Waals surface area contributed by atoms with Gasteiger partial charge in [0.15, 0.2) is 5.75 Å². The minimum Gasteiger partial charge on any atom is -0.480 e. The fourth-order valence-corrected chi connectivity index (χ4v) is 3.05. The highest BCUT2D eigenvalue weighted by Crippen LogP contribution is 2.35. The molecule has 0 saturated carbocycles. The van der Waals surface area contributed by atoms with E-state index in [1.807, 2.05) is 0 Å². The van der Waals surface area contributed by atoms with E-state index >= 15 is 0 Å². The Kier molecular flexibility index (Phi) is 8.99. The summed E-state index contributed by atoms with van der Waals surface area (Å²) in [7, 11) is 0. The summed E-state index contributed by atoms with van der Waals surface area (Å²) >= 11 is 0. The molecular formula is C21H30N2O8. The van der Waals surface area contributed by atoms with Gasteiger partial charge in [0.05, 0.1) is 18.9 Å². The molecule has 0 amide bonds. The molecule has 3 atom stereocenters. The molecule has 10 heteroatoms. The number of hydrogen-bond acceptors (Lipinski definition) is 9. The van der Waals surface area contributed by atoms with Gasteiger partial charge in [-0.2, -0.15) is 0 Å². The number of aliphatic carboxylic acids is 1. The SMILES string of the molecule is Cc1cc(NOC(C(O)CO)C(O)CO)c2ccccc2c1ONC(C(=O)O)C(C)C. The summed E-state index contributed by atoms with van der Waals surface area (Å²) in [6.45, 7) is 3.97. The molecule has 0 aliphatic heterocycles. The predicted octanol–water partition coefficient (Wildman–Crippen LogP) is 0.559. The molecule has 31 heavy (non-hydrogen) atoms. The third kappa shape index (κ3) is 6.03. The van der Waals surface area contributed by atoms with Gasteiger partial charge in [0.1, 0.15) is 24.4 Å². The summed E-state index contributed by atoms with van der Waals surface area (Å²) in [6, 6.07) is 7.95. The Balaban J connectivity index is 2.33. The van der Waals surface area contributed by atoms with Gasteiger partial charge in [-0.1, -0.05) is 38.1 Å². The number of carboxylic acids is 1. The Hall–Kier alpha value is -2.47. The lowest BCUT2D eigenvalue weighted by Gasteiger charge is -2.26. The van der Waals surface area contributed by atoms with E-state index in [0.717, 1.165) is 0 Å². The topological polar surface area (TPSA) is 161 Å². The zero-order valence-electron chi connectivity index (χ0n) is 17.6. The molecule has 0 radical (unpaired) electrons. The van der Waals surface area contributed by atoms with E-state index < -0.39 is 43.5 Å². The molecule has 2 aromatic rings. The molecule has 2 aromatic carbocycles. The molecule has 0 saturated heterocycles. The van der Waals surface area contributed by atoms with Gasteiger partial charge in [0.25, 0.3) is 0 Å². The van der Waals surface area contributed by atoms with E-state index in [0.29, 0.717) is 27.8 Å². The van der Waals surface area contributed by atoms with Gasteiger partial charge in [-0.05, 0) is 24.5 Å². The Bertz CT molecular complexity index is 866. The van der Waals surface area contributed by atoms with Crippen molar-refractivity contribution in [1.82, 2.24) is 5.48 Å². The van der Waals surface area contributed by atoms with Crippen molar-refractivity contribution < 1.29 is 40.0 Å². The van der Waals surface area contributed by atoms with Crippen molar-refractivity contribution in [3.8, 4) is 5.75 Å². The third-order valence-corrected chi connectivity index (χ3v) is 4.84. The van der Waals surface area contributed by atoms with Crippen LogP contribution in [0.2, 0.25) is 0 Å². The highest BCUT2D eigenvalue weighted by atomic mass is 16.7. The molecule has 0 aliphatic rings. The van der Waals surface area contributed by atoms with Crippen LogP contribution in [-0.2, 0) is 9.63 Å². The number of fused-ring (bicyclic) bond motifs is 1. The lowest BCUT2D eigenvalue weighted by atomic mass is 10.0. The fourth-order valence-electron chi connectivity index (χ4n) is 3.05. The molecule has 0 spiro atoms. The Morgan fingerprint density at radius 2 is 1.65 bits per heavy atom. The normalized spacial score (nSPS) is 15.5. The largest absolute Gasteiger partial charge is 0.480 e. The number of aliphatic hydroxyl groups excluding tert-OH is 4. The van der Waals surface area contributed by atoms with Gasteiger partial charge < -0.3 is 30.4 Å². The van der Waals surface area contributed by atoms with Crippen LogP contribution in [0.4, 0.5) is 5.69 Å². The van der Waals surface area contributed by atoms with Crippen molar-refractivity contribution in [3.63, 3.8) is 0 Å². The maximum atomic E-state index is 11.4. The molecule has 0 bridgehead atoms. The second-order valence-corrected chi connectivity index (χ2v) is 7.58. The zero-order chi connectivity index (χ0) is 23.1. The van der Waals surface area contributed by atoms with Crippen molar-refractivity contribution in [2.24, 2.45) is 5.92 Å². The molecule has 0 aromatic heterocycles. The summed E-state index contributed by atoms with van der Waals surface area (Å²) in [6.07, 6.45) is -4.12. The molecule has 0 aliphatic carbocycles. The van der Waals surface area contributed by atoms with Crippen molar-refractivity contribution in [3.05, 3.63) is 35.9 Å². The Morgan fingerprint density at radius 3 is 2.16 bits per heavy atom. The van der Waals surface area contributed by atoms with Crippen LogP contribution in [0.1, 0.15) is 19.4 Å². The standard InChI is InChI=1S/C21H30N2O8/c1-11(2)18(21(28)29)23-30-19-12(3)8-15(13-6-4-5-7-14(13)19)22-31-20(16(26)9-24)17(27)10-25/h4-8,11,16-18,20,22-27H,9-10H2,1-3H3,(H,28,29). The third-order valence-electron chi connectivity index (χ3n) is 4.84. The van der Waals surface area contributed by atoms with Crippen LogP contribution in [0.15, 0.2) is 30.3 Å². The summed E-state index contributed by atoms with van der Waals surface area (Å²) in [5.41, 5.74) is 6.43. The number of nitrogens with one attached hydrogen (secondary N) is 2. The van der Waals surface area contributed by atoms with Crippen molar-refractivity contribution in [2.45, 2.75) is 45.1 Å². The maximum absolute atomic E-state index is 11.4. The number of anilines is 1. The second-order valence-electron chi connectivity index (χ2n) is 7.58. The van der Waals surface area contributed by atoms with Gasteiger partial charge in [-0.15, -0.1) is 5.48 Å². The number of aliphatic hydroxyl groups is 4.